The van der Waals surface area contributed by atoms with Crippen molar-refractivity contribution in [1.29, 1.82) is 0 Å². The van der Waals surface area contributed by atoms with Gasteiger partial charge in [-0.1, -0.05) is 37.8 Å². The average Bonchev–Trinajstić information content (AvgIpc) is 3.07. The third-order valence-electron chi connectivity index (χ3n) is 3.96. The SMILES string of the molecule is CCCCCCOc1c(Cl)cc(C2NC(C(=O)O)CS2)cc1OCC. The number of carboxylic acids is 1. The van der Waals surface area contributed by atoms with E-state index in [4.69, 9.17) is 26.2 Å². The molecule has 1 aliphatic heterocycles. The maximum absolute atomic E-state index is 11.1. The van der Waals surface area contributed by atoms with Crippen molar-refractivity contribution in [1.82, 2.24) is 5.32 Å². The van der Waals surface area contributed by atoms with Crippen LogP contribution in [0.15, 0.2) is 12.1 Å². The Bertz CT molecular complexity index is 584. The van der Waals surface area contributed by atoms with Crippen LogP contribution in [-0.4, -0.2) is 36.1 Å². The Balaban J connectivity index is 2.09. The quantitative estimate of drug-likeness (QED) is 0.576. The topological polar surface area (TPSA) is 67.8 Å². The summed E-state index contributed by atoms with van der Waals surface area (Å²) in [5.74, 6) is 0.874. The molecule has 1 aromatic rings. The lowest BCUT2D eigenvalue weighted by Crippen LogP contribution is -2.33. The molecule has 2 N–H and O–H groups in total. The summed E-state index contributed by atoms with van der Waals surface area (Å²) >= 11 is 7.98. The molecule has 1 aromatic carbocycles. The van der Waals surface area contributed by atoms with Crippen LogP contribution in [0.2, 0.25) is 5.02 Å². The lowest BCUT2D eigenvalue weighted by Gasteiger charge is -2.18. The summed E-state index contributed by atoms with van der Waals surface area (Å²) in [5, 5.41) is 12.6. The van der Waals surface area contributed by atoms with Crippen molar-refractivity contribution in [2.45, 2.75) is 50.9 Å². The number of benzene rings is 1. The van der Waals surface area contributed by atoms with Crippen LogP contribution in [0.1, 0.15) is 50.5 Å². The second-order valence-corrected chi connectivity index (χ2v) is 7.49. The van der Waals surface area contributed by atoms with E-state index in [9.17, 15) is 4.79 Å². The average molecular weight is 388 g/mol. The van der Waals surface area contributed by atoms with Gasteiger partial charge in [0.15, 0.2) is 11.5 Å². The molecular formula is C18H26ClNO4S. The van der Waals surface area contributed by atoms with Crippen LogP contribution in [0.25, 0.3) is 0 Å². The number of unbranched alkanes of at least 4 members (excludes halogenated alkanes) is 3. The molecule has 0 saturated carbocycles. The Kier molecular flexibility index (Phi) is 8.19. The molecule has 0 spiro atoms. The molecule has 140 valence electrons. The summed E-state index contributed by atoms with van der Waals surface area (Å²) in [4.78, 5) is 11.1. The van der Waals surface area contributed by atoms with Crippen molar-refractivity contribution < 1.29 is 19.4 Å². The van der Waals surface area contributed by atoms with Gasteiger partial charge in [0.1, 0.15) is 6.04 Å². The Labute approximate surface area is 158 Å². The number of thioether (sulfide) groups is 1. The molecule has 1 heterocycles. The Morgan fingerprint density at radius 2 is 2.12 bits per heavy atom. The van der Waals surface area contributed by atoms with E-state index in [0.717, 1.165) is 18.4 Å². The van der Waals surface area contributed by atoms with E-state index in [2.05, 4.69) is 12.2 Å². The van der Waals surface area contributed by atoms with Crippen LogP contribution in [0, 0.1) is 0 Å². The van der Waals surface area contributed by atoms with Crippen LogP contribution >= 0.6 is 23.4 Å². The summed E-state index contributed by atoms with van der Waals surface area (Å²) in [6.45, 7) is 5.20. The second kappa shape index (κ2) is 10.1. The molecule has 0 aromatic heterocycles. The molecule has 1 fully saturated rings. The van der Waals surface area contributed by atoms with Crippen molar-refractivity contribution in [3.8, 4) is 11.5 Å². The summed E-state index contributed by atoms with van der Waals surface area (Å²) in [6.07, 6.45) is 4.50. The first-order chi connectivity index (χ1) is 12.1. The standard InChI is InChI=1S/C18H26ClNO4S/c1-3-5-6-7-8-24-16-13(19)9-12(10-15(16)23-4-2)17-20-14(11-25-17)18(21)22/h9-10,14,17,20H,3-8,11H2,1-2H3,(H,21,22). The fourth-order valence-electron chi connectivity index (χ4n) is 2.65. The minimum atomic E-state index is -0.835. The molecule has 1 aliphatic rings. The summed E-state index contributed by atoms with van der Waals surface area (Å²) < 4.78 is 11.6. The molecule has 25 heavy (non-hydrogen) atoms. The number of hydrogen-bond acceptors (Lipinski definition) is 5. The fourth-order valence-corrected chi connectivity index (χ4v) is 4.14. The highest BCUT2D eigenvalue weighted by molar-refractivity contribution is 7.99. The maximum atomic E-state index is 11.1. The molecule has 1 saturated heterocycles. The number of aliphatic carboxylic acids is 1. The first kappa shape index (κ1) is 20.2. The minimum Gasteiger partial charge on any atom is -0.490 e. The van der Waals surface area contributed by atoms with Crippen LogP contribution in [0.4, 0.5) is 0 Å². The Morgan fingerprint density at radius 3 is 2.76 bits per heavy atom. The molecule has 0 aliphatic carbocycles. The van der Waals surface area contributed by atoms with Gasteiger partial charge in [0, 0.05) is 5.75 Å². The summed E-state index contributed by atoms with van der Waals surface area (Å²) in [6, 6.07) is 3.19. The van der Waals surface area contributed by atoms with Gasteiger partial charge in [0.2, 0.25) is 0 Å². The summed E-state index contributed by atoms with van der Waals surface area (Å²) in [5.41, 5.74) is 0.903. The maximum Gasteiger partial charge on any atom is 0.321 e. The number of hydrogen-bond donors (Lipinski definition) is 2. The fraction of sp³-hybridized carbons (Fsp3) is 0.611. The van der Waals surface area contributed by atoms with Gasteiger partial charge >= 0.3 is 5.97 Å². The number of nitrogens with one attached hydrogen (secondary N) is 1. The molecule has 0 radical (unpaired) electrons. The zero-order valence-corrected chi connectivity index (χ0v) is 16.3. The predicted octanol–water partition coefficient (Wildman–Crippen LogP) is 4.49. The highest BCUT2D eigenvalue weighted by atomic mass is 35.5. The smallest absolute Gasteiger partial charge is 0.321 e. The lowest BCUT2D eigenvalue weighted by atomic mass is 10.1. The molecule has 2 rings (SSSR count). The third kappa shape index (κ3) is 5.69. The van der Waals surface area contributed by atoms with Gasteiger partial charge in [-0.05, 0) is 31.0 Å². The van der Waals surface area contributed by atoms with Gasteiger partial charge in [0.25, 0.3) is 0 Å². The monoisotopic (exact) mass is 387 g/mol. The first-order valence-electron chi connectivity index (χ1n) is 8.76. The predicted molar refractivity (Wildman–Crippen MR) is 102 cm³/mol. The Morgan fingerprint density at radius 1 is 1.32 bits per heavy atom. The van der Waals surface area contributed by atoms with Crippen molar-refractivity contribution in [3.05, 3.63) is 22.7 Å². The van der Waals surface area contributed by atoms with Gasteiger partial charge in [-0.15, -0.1) is 11.8 Å². The van der Waals surface area contributed by atoms with Gasteiger partial charge in [-0.2, -0.15) is 0 Å². The second-order valence-electron chi connectivity index (χ2n) is 5.94. The van der Waals surface area contributed by atoms with E-state index < -0.39 is 12.0 Å². The minimum absolute atomic E-state index is 0.114. The van der Waals surface area contributed by atoms with Gasteiger partial charge < -0.3 is 14.6 Å². The number of rotatable bonds is 10. The van der Waals surface area contributed by atoms with Crippen LogP contribution < -0.4 is 14.8 Å². The van der Waals surface area contributed by atoms with Crippen LogP contribution in [0.3, 0.4) is 0 Å². The highest BCUT2D eigenvalue weighted by Crippen LogP contribution is 2.42. The van der Waals surface area contributed by atoms with Crippen LogP contribution in [0.5, 0.6) is 11.5 Å². The van der Waals surface area contributed by atoms with Crippen molar-refractivity contribution in [2.75, 3.05) is 19.0 Å². The van der Waals surface area contributed by atoms with Gasteiger partial charge in [-0.25, -0.2) is 0 Å². The number of carboxylic acid groups (broad SMARTS) is 1. The molecule has 0 amide bonds. The lowest BCUT2D eigenvalue weighted by molar-refractivity contribution is -0.138. The van der Waals surface area contributed by atoms with Gasteiger partial charge in [0.05, 0.1) is 23.6 Å². The van der Waals surface area contributed by atoms with Crippen molar-refractivity contribution in [3.63, 3.8) is 0 Å². The molecule has 0 bridgehead atoms. The number of ether oxygens (including phenoxy) is 2. The van der Waals surface area contributed by atoms with Crippen molar-refractivity contribution >= 4 is 29.3 Å². The normalized spacial score (nSPS) is 19.8. The van der Waals surface area contributed by atoms with E-state index in [1.807, 2.05) is 19.1 Å². The molecule has 2 unspecified atom stereocenters. The number of carbonyl (C=O) groups is 1. The third-order valence-corrected chi connectivity index (χ3v) is 5.51. The Hall–Kier alpha value is -1.11. The zero-order chi connectivity index (χ0) is 18.2. The highest BCUT2D eigenvalue weighted by Gasteiger charge is 2.31. The largest absolute Gasteiger partial charge is 0.490 e. The molecular weight excluding hydrogens is 362 g/mol. The molecule has 2 atom stereocenters. The first-order valence-corrected chi connectivity index (χ1v) is 10.2. The van der Waals surface area contributed by atoms with Gasteiger partial charge in [-0.3, -0.25) is 10.1 Å². The number of halogens is 1. The van der Waals surface area contributed by atoms with E-state index in [1.54, 1.807) is 11.8 Å². The van der Waals surface area contributed by atoms with E-state index in [-0.39, 0.29) is 5.37 Å². The molecule has 7 heteroatoms. The zero-order valence-electron chi connectivity index (χ0n) is 14.7. The van der Waals surface area contributed by atoms with E-state index in [1.165, 1.54) is 12.8 Å². The van der Waals surface area contributed by atoms with Crippen molar-refractivity contribution in [2.24, 2.45) is 0 Å². The molecule has 5 nitrogen and oxygen atoms in total. The summed E-state index contributed by atoms with van der Waals surface area (Å²) in [7, 11) is 0. The van der Waals surface area contributed by atoms with E-state index in [0.29, 0.717) is 35.5 Å². The van der Waals surface area contributed by atoms with Crippen LogP contribution in [-0.2, 0) is 4.79 Å². The van der Waals surface area contributed by atoms with E-state index >= 15 is 0 Å².